The molecule has 0 saturated heterocycles. The maximum absolute atomic E-state index is 11.9. The lowest BCUT2D eigenvalue weighted by Crippen LogP contribution is -2.35. The minimum atomic E-state index is -4.15. The monoisotopic (exact) mass is 329 g/mol. The van der Waals surface area contributed by atoms with Gasteiger partial charge in [-0.2, -0.15) is 0 Å². The summed E-state index contributed by atoms with van der Waals surface area (Å²) in [5, 5.41) is 11.5. The van der Waals surface area contributed by atoms with Crippen molar-refractivity contribution in [1.82, 2.24) is 5.32 Å². The highest BCUT2D eigenvalue weighted by atomic mass is 28.4. The highest BCUT2D eigenvalue weighted by Gasteiger charge is 2.25. The van der Waals surface area contributed by atoms with E-state index in [1.54, 1.807) is 0 Å². The third-order valence-electron chi connectivity index (χ3n) is 2.62. The average molecular weight is 329 g/mol. The van der Waals surface area contributed by atoms with Gasteiger partial charge in [0, 0.05) is 12.6 Å². The number of ether oxygens (including phenoxy) is 1. The fourth-order valence-electron chi connectivity index (χ4n) is 1.65. The van der Waals surface area contributed by atoms with Gasteiger partial charge in [0.1, 0.15) is 5.75 Å². The van der Waals surface area contributed by atoms with Gasteiger partial charge in [0.2, 0.25) is 0 Å². The lowest BCUT2D eigenvalue weighted by atomic mass is 10.1. The van der Waals surface area contributed by atoms with Gasteiger partial charge >= 0.3 is 14.8 Å². The molecule has 0 fully saturated rings. The molecular weight excluding hydrogens is 314 g/mol. The molecule has 0 radical (unpaired) electrons. The minimum Gasteiger partial charge on any atom is -0.478 e. The summed E-state index contributed by atoms with van der Waals surface area (Å²) in [7, 11) is -4.15. The molecule has 5 N–H and O–H groups in total. The first-order chi connectivity index (χ1) is 10.2. The Balaban J connectivity index is 2.76. The van der Waals surface area contributed by atoms with Crippen molar-refractivity contribution in [3.8, 4) is 5.75 Å². The molecule has 1 amide bonds. The summed E-state index contributed by atoms with van der Waals surface area (Å²) < 4.78 is 4.51. The summed E-state index contributed by atoms with van der Waals surface area (Å²) >= 11 is 0. The van der Waals surface area contributed by atoms with E-state index in [1.165, 1.54) is 12.1 Å². The van der Waals surface area contributed by atoms with Crippen LogP contribution >= 0.6 is 0 Å². The van der Waals surface area contributed by atoms with Crippen molar-refractivity contribution in [2.75, 3.05) is 6.54 Å². The van der Waals surface area contributed by atoms with Crippen LogP contribution in [0, 0.1) is 0 Å². The van der Waals surface area contributed by atoms with Crippen LogP contribution in [0.3, 0.4) is 0 Å². The largest absolute Gasteiger partial charge is 0.492 e. The lowest BCUT2D eigenvalue weighted by molar-refractivity contribution is -0.120. The summed E-state index contributed by atoms with van der Waals surface area (Å²) in [5.41, 5.74) is -0.474. The van der Waals surface area contributed by atoms with E-state index in [-0.39, 0.29) is 42.4 Å². The van der Waals surface area contributed by atoms with Crippen LogP contribution < -0.4 is 10.1 Å². The number of hydrogen-bond donors (Lipinski definition) is 5. The van der Waals surface area contributed by atoms with Crippen LogP contribution in [0.15, 0.2) is 18.2 Å². The highest BCUT2D eigenvalue weighted by molar-refractivity contribution is 6.56. The molecular formula is C12H15NO8Si. The van der Waals surface area contributed by atoms with E-state index in [0.717, 1.165) is 6.07 Å². The van der Waals surface area contributed by atoms with E-state index in [4.69, 9.17) is 19.5 Å². The fourth-order valence-corrected chi connectivity index (χ4v) is 2.30. The molecule has 0 heterocycles. The Kier molecular flexibility index (Phi) is 6.19. The van der Waals surface area contributed by atoms with Gasteiger partial charge in [-0.3, -0.25) is 9.59 Å². The standard InChI is InChI=1S/C12H15NO8Si/c14-7-21-8-2-3-9(10(6-8)12(16)17)11(15)13-4-1-5-22(18,19)20/h2-3,6-7,18-20H,1,4-5H2,(H,13,15)(H,16,17). The van der Waals surface area contributed by atoms with E-state index in [1.807, 2.05) is 0 Å². The Morgan fingerprint density at radius 1 is 1.23 bits per heavy atom. The number of carboxylic acid groups (broad SMARTS) is 1. The highest BCUT2D eigenvalue weighted by Crippen LogP contribution is 2.18. The average Bonchev–Trinajstić information content (AvgIpc) is 2.42. The molecule has 0 aliphatic carbocycles. The van der Waals surface area contributed by atoms with Crippen LogP contribution in [0.5, 0.6) is 5.75 Å². The fraction of sp³-hybridized carbons (Fsp3) is 0.250. The van der Waals surface area contributed by atoms with Crippen LogP contribution in [0.4, 0.5) is 0 Å². The Hall–Kier alpha value is -2.27. The summed E-state index contributed by atoms with van der Waals surface area (Å²) in [6.45, 7) is 0.163. The summed E-state index contributed by atoms with van der Waals surface area (Å²) in [6, 6.07) is 3.26. The normalized spacial score (nSPS) is 10.9. The van der Waals surface area contributed by atoms with E-state index < -0.39 is 20.7 Å². The van der Waals surface area contributed by atoms with E-state index in [0.29, 0.717) is 0 Å². The van der Waals surface area contributed by atoms with Gasteiger partial charge in [-0.25, -0.2) is 4.79 Å². The number of hydrogen-bond acceptors (Lipinski definition) is 7. The van der Waals surface area contributed by atoms with E-state index in [9.17, 15) is 14.4 Å². The zero-order chi connectivity index (χ0) is 16.8. The van der Waals surface area contributed by atoms with E-state index >= 15 is 0 Å². The minimum absolute atomic E-state index is 0.0134. The van der Waals surface area contributed by atoms with Crippen molar-refractivity contribution in [2.45, 2.75) is 12.5 Å². The Bertz CT molecular complexity index is 569. The molecule has 10 heteroatoms. The van der Waals surface area contributed by atoms with Gasteiger partial charge in [0.25, 0.3) is 12.4 Å². The third kappa shape index (κ3) is 5.61. The van der Waals surface area contributed by atoms with Gasteiger partial charge < -0.3 is 29.5 Å². The molecule has 0 aliphatic rings. The Morgan fingerprint density at radius 3 is 2.45 bits per heavy atom. The number of carbonyl (C=O) groups excluding carboxylic acids is 2. The van der Waals surface area contributed by atoms with Crippen LogP contribution in [0.25, 0.3) is 0 Å². The second kappa shape index (κ2) is 7.65. The molecule has 1 aromatic rings. The summed E-state index contributed by atoms with van der Waals surface area (Å²) in [4.78, 5) is 59.7. The summed E-state index contributed by atoms with van der Waals surface area (Å²) in [6.07, 6.45) is 0.121. The smallest absolute Gasteiger partial charge is 0.478 e. The van der Waals surface area contributed by atoms with Crippen molar-refractivity contribution in [3.05, 3.63) is 29.3 Å². The quantitative estimate of drug-likeness (QED) is 0.230. The van der Waals surface area contributed by atoms with Crippen molar-refractivity contribution in [2.24, 2.45) is 0 Å². The molecule has 0 spiro atoms. The number of carbonyl (C=O) groups is 3. The Labute approximate surface area is 126 Å². The van der Waals surface area contributed by atoms with Crippen LogP contribution in [-0.4, -0.2) is 53.2 Å². The third-order valence-corrected chi connectivity index (χ3v) is 3.65. The molecule has 0 atom stereocenters. The first-order valence-corrected chi connectivity index (χ1v) is 8.22. The number of rotatable bonds is 8. The van der Waals surface area contributed by atoms with Crippen molar-refractivity contribution >= 4 is 27.2 Å². The van der Waals surface area contributed by atoms with Crippen molar-refractivity contribution in [3.63, 3.8) is 0 Å². The number of nitrogens with one attached hydrogen (secondary N) is 1. The van der Waals surface area contributed by atoms with Gasteiger partial charge in [-0.1, -0.05) is 0 Å². The topological polar surface area (TPSA) is 153 Å². The molecule has 0 saturated carbocycles. The first kappa shape index (κ1) is 17.8. The number of benzene rings is 1. The molecule has 0 bridgehead atoms. The van der Waals surface area contributed by atoms with Crippen LogP contribution in [0.2, 0.25) is 6.04 Å². The predicted molar refractivity (Wildman–Crippen MR) is 74.3 cm³/mol. The van der Waals surface area contributed by atoms with Gasteiger partial charge in [-0.15, -0.1) is 0 Å². The molecule has 0 unspecified atom stereocenters. The zero-order valence-corrected chi connectivity index (χ0v) is 12.4. The molecule has 120 valence electrons. The van der Waals surface area contributed by atoms with Gasteiger partial charge in [-0.05, 0) is 24.6 Å². The van der Waals surface area contributed by atoms with Crippen molar-refractivity contribution < 1.29 is 38.6 Å². The maximum Gasteiger partial charge on any atom is 0.492 e. The predicted octanol–water partition coefficient (Wildman–Crippen LogP) is -1.04. The van der Waals surface area contributed by atoms with Gasteiger partial charge in [0.15, 0.2) is 0 Å². The Morgan fingerprint density at radius 2 is 1.91 bits per heavy atom. The summed E-state index contributed by atoms with van der Waals surface area (Å²) in [5.74, 6) is -2.06. The molecule has 0 aromatic heterocycles. The maximum atomic E-state index is 11.9. The molecule has 22 heavy (non-hydrogen) atoms. The van der Waals surface area contributed by atoms with Gasteiger partial charge in [0.05, 0.1) is 11.1 Å². The lowest BCUT2D eigenvalue weighted by Gasteiger charge is -2.11. The molecule has 0 aliphatic heterocycles. The first-order valence-electron chi connectivity index (χ1n) is 6.17. The van der Waals surface area contributed by atoms with Crippen LogP contribution in [-0.2, 0) is 4.79 Å². The van der Waals surface area contributed by atoms with E-state index in [2.05, 4.69) is 10.1 Å². The number of aromatic carboxylic acids is 1. The second-order valence-electron chi connectivity index (χ2n) is 4.36. The molecule has 1 aromatic carbocycles. The number of carboxylic acids is 1. The molecule has 9 nitrogen and oxygen atoms in total. The van der Waals surface area contributed by atoms with Crippen molar-refractivity contribution in [1.29, 1.82) is 0 Å². The molecule has 1 rings (SSSR count). The SMILES string of the molecule is O=COc1ccc(C(=O)NCCC[Si](O)(O)O)c(C(=O)O)c1. The zero-order valence-electron chi connectivity index (χ0n) is 11.4. The number of amides is 1. The van der Waals surface area contributed by atoms with Crippen LogP contribution in [0.1, 0.15) is 27.1 Å². The second-order valence-corrected chi connectivity index (χ2v) is 6.41.